The van der Waals surface area contributed by atoms with Crippen molar-refractivity contribution >= 4 is 19.2 Å². The first-order chi connectivity index (χ1) is 16.9. The smallest absolute Gasteiger partial charge is 0.109 e. The van der Waals surface area contributed by atoms with Gasteiger partial charge in [-0.05, 0) is 30.2 Å². The number of hydrogen-bond acceptors (Lipinski definition) is 1. The van der Waals surface area contributed by atoms with Crippen LogP contribution < -0.4 is 15.7 Å². The van der Waals surface area contributed by atoms with Crippen molar-refractivity contribution in [1.29, 1.82) is 0 Å². The van der Waals surface area contributed by atoms with Gasteiger partial charge in [-0.1, -0.05) is 161 Å². The molecular weight excluding hydrogens is 438 g/mol. The molecule has 2 atom stereocenters. The van der Waals surface area contributed by atoms with Gasteiger partial charge in [0, 0.05) is 11.6 Å². The third kappa shape index (κ3) is 5.59. The van der Waals surface area contributed by atoms with Crippen molar-refractivity contribution in [2.24, 2.45) is 5.41 Å². The molecule has 0 aliphatic heterocycles. The standard InChI is InChI=1S/C33H47NSi/c1-31(2)32(3,34-28-20-16-17-21-28)26-18-8-6-5-7-9-19-27-33(31,4)35(29-22-12-10-13-23-29)30-24-14-11-15-25-30/h10-17,20-25,28,34-35H,5-9,18-19,26-27H2,1-4H3. The van der Waals surface area contributed by atoms with Crippen molar-refractivity contribution in [2.45, 2.75) is 102 Å². The maximum Gasteiger partial charge on any atom is 0.109 e. The summed E-state index contributed by atoms with van der Waals surface area (Å²) >= 11 is 0. The van der Waals surface area contributed by atoms with Gasteiger partial charge in [-0.25, -0.2) is 0 Å². The summed E-state index contributed by atoms with van der Waals surface area (Å²) in [4.78, 5) is 0. The van der Waals surface area contributed by atoms with Crippen molar-refractivity contribution in [3.05, 3.63) is 85.0 Å². The highest BCUT2D eigenvalue weighted by molar-refractivity contribution is 6.87. The molecule has 0 spiro atoms. The summed E-state index contributed by atoms with van der Waals surface area (Å²) in [6.45, 7) is 10.5. The van der Waals surface area contributed by atoms with Crippen molar-refractivity contribution in [2.75, 3.05) is 0 Å². The fourth-order valence-corrected chi connectivity index (χ4v) is 11.6. The van der Waals surface area contributed by atoms with E-state index in [-0.39, 0.29) is 16.0 Å². The minimum Gasteiger partial charge on any atom is -0.301 e. The molecular formula is C33H47NSi. The van der Waals surface area contributed by atoms with Crippen LogP contribution in [0, 0.1) is 5.41 Å². The molecule has 188 valence electrons. The summed E-state index contributed by atoms with van der Waals surface area (Å²) in [5.41, 5.74) is 0.144. The summed E-state index contributed by atoms with van der Waals surface area (Å²) in [5, 5.41) is 7.58. The van der Waals surface area contributed by atoms with E-state index in [1.807, 2.05) is 0 Å². The van der Waals surface area contributed by atoms with Crippen LogP contribution in [0.5, 0.6) is 0 Å². The number of hydrogen-bond donors (Lipinski definition) is 1. The van der Waals surface area contributed by atoms with E-state index in [1.165, 1.54) is 57.8 Å². The normalized spacial score (nSPS) is 28.0. The zero-order valence-electron chi connectivity index (χ0n) is 22.6. The number of rotatable bonds is 5. The quantitative estimate of drug-likeness (QED) is 0.442. The van der Waals surface area contributed by atoms with Crippen LogP contribution in [0.2, 0.25) is 5.04 Å². The highest BCUT2D eigenvalue weighted by atomic mass is 28.3. The topological polar surface area (TPSA) is 12.0 Å². The third-order valence-electron chi connectivity index (χ3n) is 9.82. The Morgan fingerprint density at radius 2 is 1.09 bits per heavy atom. The summed E-state index contributed by atoms with van der Waals surface area (Å²) < 4.78 is 0. The zero-order valence-corrected chi connectivity index (χ0v) is 23.8. The molecule has 2 aliphatic rings. The number of nitrogens with one attached hydrogen (secondary N) is 1. The predicted molar refractivity (Wildman–Crippen MR) is 157 cm³/mol. The van der Waals surface area contributed by atoms with Gasteiger partial charge in [-0.15, -0.1) is 0 Å². The monoisotopic (exact) mass is 485 g/mol. The van der Waals surface area contributed by atoms with Gasteiger partial charge in [0.25, 0.3) is 0 Å². The van der Waals surface area contributed by atoms with Crippen LogP contribution in [0.15, 0.2) is 85.0 Å². The molecule has 0 saturated heterocycles. The number of allylic oxidation sites excluding steroid dienone is 2. The predicted octanol–water partition coefficient (Wildman–Crippen LogP) is 7.18. The largest absolute Gasteiger partial charge is 0.301 e. The molecule has 0 heterocycles. The molecule has 2 heteroatoms. The Hall–Kier alpha value is -1.90. The van der Waals surface area contributed by atoms with E-state index < -0.39 is 8.80 Å². The lowest BCUT2D eigenvalue weighted by Crippen LogP contribution is -2.66. The summed E-state index contributed by atoms with van der Waals surface area (Å²) in [6.07, 6.45) is 21.2. The van der Waals surface area contributed by atoms with E-state index in [1.54, 1.807) is 10.4 Å². The van der Waals surface area contributed by atoms with Crippen LogP contribution in [-0.2, 0) is 0 Å². The zero-order chi connectivity index (χ0) is 24.8. The molecule has 2 aromatic carbocycles. The molecule has 0 radical (unpaired) electrons. The van der Waals surface area contributed by atoms with E-state index in [4.69, 9.17) is 0 Å². The molecule has 35 heavy (non-hydrogen) atoms. The molecule has 1 saturated carbocycles. The van der Waals surface area contributed by atoms with Crippen LogP contribution in [0.4, 0.5) is 0 Å². The Morgan fingerprint density at radius 1 is 0.629 bits per heavy atom. The van der Waals surface area contributed by atoms with Gasteiger partial charge in [0.05, 0.1) is 0 Å². The Balaban J connectivity index is 1.85. The van der Waals surface area contributed by atoms with Crippen LogP contribution in [-0.4, -0.2) is 20.4 Å². The first-order valence-corrected chi connectivity index (χ1v) is 15.8. The maximum atomic E-state index is 4.20. The average molecular weight is 486 g/mol. The van der Waals surface area contributed by atoms with Gasteiger partial charge in [0.1, 0.15) is 8.80 Å². The third-order valence-corrected chi connectivity index (χ3v) is 14.2. The van der Waals surface area contributed by atoms with E-state index >= 15 is 0 Å². The van der Waals surface area contributed by atoms with Crippen LogP contribution in [0.1, 0.15) is 85.5 Å². The van der Waals surface area contributed by atoms with E-state index in [2.05, 4.69) is 118 Å². The summed E-state index contributed by atoms with van der Waals surface area (Å²) in [7, 11) is -1.59. The second-order valence-electron chi connectivity index (χ2n) is 12.0. The van der Waals surface area contributed by atoms with Crippen molar-refractivity contribution in [3.8, 4) is 0 Å². The van der Waals surface area contributed by atoms with Gasteiger partial charge in [0.15, 0.2) is 0 Å². The fraction of sp³-hybridized carbons (Fsp3) is 0.515. The minimum atomic E-state index is -1.59. The molecule has 4 rings (SSSR count). The van der Waals surface area contributed by atoms with E-state index in [0.29, 0.717) is 6.04 Å². The molecule has 2 aromatic rings. The van der Waals surface area contributed by atoms with Gasteiger partial charge >= 0.3 is 0 Å². The van der Waals surface area contributed by atoms with Crippen LogP contribution in [0.25, 0.3) is 0 Å². The van der Waals surface area contributed by atoms with Crippen LogP contribution >= 0.6 is 0 Å². The second-order valence-corrected chi connectivity index (χ2v) is 15.5. The average Bonchev–Trinajstić information content (AvgIpc) is 3.36. The van der Waals surface area contributed by atoms with Gasteiger partial charge < -0.3 is 5.32 Å². The Kier molecular flexibility index (Phi) is 8.55. The Labute approximate surface area is 216 Å². The molecule has 1 fully saturated rings. The van der Waals surface area contributed by atoms with Crippen molar-refractivity contribution in [1.82, 2.24) is 5.32 Å². The maximum absolute atomic E-state index is 4.20. The van der Waals surface area contributed by atoms with Crippen molar-refractivity contribution < 1.29 is 0 Å². The highest BCUT2D eigenvalue weighted by Gasteiger charge is 2.56. The Bertz CT molecular complexity index is 927. The lowest BCUT2D eigenvalue weighted by molar-refractivity contribution is 0.0623. The highest BCUT2D eigenvalue weighted by Crippen LogP contribution is 2.58. The lowest BCUT2D eigenvalue weighted by atomic mass is 9.61. The summed E-state index contributed by atoms with van der Waals surface area (Å²) in [6, 6.07) is 23.4. The first kappa shape index (κ1) is 26.2. The van der Waals surface area contributed by atoms with Crippen LogP contribution in [0.3, 0.4) is 0 Å². The van der Waals surface area contributed by atoms with Gasteiger partial charge in [-0.2, -0.15) is 0 Å². The lowest BCUT2D eigenvalue weighted by Gasteiger charge is -2.59. The second kappa shape index (κ2) is 11.4. The van der Waals surface area contributed by atoms with Gasteiger partial charge in [0.2, 0.25) is 0 Å². The van der Waals surface area contributed by atoms with E-state index in [0.717, 1.165) is 0 Å². The fourth-order valence-electron chi connectivity index (χ4n) is 6.98. The van der Waals surface area contributed by atoms with E-state index in [9.17, 15) is 0 Å². The summed E-state index contributed by atoms with van der Waals surface area (Å²) in [5.74, 6) is 0. The molecule has 0 aromatic heterocycles. The molecule has 1 nitrogen and oxygen atoms in total. The van der Waals surface area contributed by atoms with Gasteiger partial charge in [-0.3, -0.25) is 0 Å². The molecule has 0 amide bonds. The molecule has 0 bridgehead atoms. The van der Waals surface area contributed by atoms with Crippen molar-refractivity contribution in [3.63, 3.8) is 0 Å². The minimum absolute atomic E-state index is 0.0411. The number of benzene rings is 2. The SMILES string of the molecule is CC1(NC2C=CC=C2)CCCCCCCCCC(C)([SiH](c2ccccc2)c2ccccc2)C1(C)C. The Morgan fingerprint density at radius 3 is 1.60 bits per heavy atom. The molecule has 2 unspecified atom stereocenters. The molecule has 2 aliphatic carbocycles. The molecule has 1 N–H and O–H groups in total. The first-order valence-electron chi connectivity index (χ1n) is 14.1.